The Hall–Kier alpha value is -1.26. The number of ether oxygens (including phenoxy) is 1. The number of ketones is 1. The van der Waals surface area contributed by atoms with Crippen molar-refractivity contribution >= 4 is 35.0 Å². The minimum atomic E-state index is -1.12. The van der Waals surface area contributed by atoms with E-state index in [0.29, 0.717) is 12.0 Å². The zero-order valence-corrected chi connectivity index (χ0v) is 12.1. The topological polar surface area (TPSA) is 63.6 Å². The molecule has 0 amide bonds. The van der Waals surface area contributed by atoms with E-state index < -0.39 is 12.6 Å². The molecule has 1 aromatic carbocycles. The number of benzene rings is 1. The molecule has 0 saturated carbocycles. The standard InChI is InChI=1S/C13H14Cl2O4/c1-3-7(2)13(18)8-4-5-9(12(15)11(8)14)19-6-10(16)17/h4-5,7H,3,6H2,1-2H3,(H,16,17). The molecule has 1 unspecified atom stereocenters. The first-order valence-corrected chi connectivity index (χ1v) is 6.50. The van der Waals surface area contributed by atoms with Crippen molar-refractivity contribution in [3.63, 3.8) is 0 Å². The van der Waals surface area contributed by atoms with E-state index in [1.807, 2.05) is 6.92 Å². The number of carbonyl (C=O) groups excluding carboxylic acids is 1. The molecular formula is C13H14Cl2O4. The fourth-order valence-corrected chi connectivity index (χ4v) is 1.89. The third kappa shape index (κ3) is 3.85. The van der Waals surface area contributed by atoms with E-state index in [4.69, 9.17) is 33.0 Å². The zero-order valence-electron chi connectivity index (χ0n) is 10.6. The van der Waals surface area contributed by atoms with E-state index in [2.05, 4.69) is 0 Å². The van der Waals surface area contributed by atoms with Crippen molar-refractivity contribution in [1.82, 2.24) is 0 Å². The molecule has 0 aliphatic carbocycles. The maximum atomic E-state index is 12.0. The Kier molecular flexibility index (Phi) is 5.63. The van der Waals surface area contributed by atoms with Crippen LogP contribution in [0.3, 0.4) is 0 Å². The molecule has 1 N–H and O–H groups in total. The van der Waals surface area contributed by atoms with Crippen molar-refractivity contribution in [2.45, 2.75) is 20.3 Å². The van der Waals surface area contributed by atoms with Crippen molar-refractivity contribution < 1.29 is 19.4 Å². The van der Waals surface area contributed by atoms with Gasteiger partial charge in [0.15, 0.2) is 12.4 Å². The van der Waals surface area contributed by atoms with Gasteiger partial charge in [0.05, 0.1) is 5.02 Å². The van der Waals surface area contributed by atoms with Crippen LogP contribution in [-0.2, 0) is 4.79 Å². The summed E-state index contributed by atoms with van der Waals surface area (Å²) < 4.78 is 4.97. The normalized spacial score (nSPS) is 12.0. The minimum Gasteiger partial charge on any atom is -0.480 e. The number of rotatable bonds is 6. The number of aliphatic carboxylic acids is 1. The molecule has 4 nitrogen and oxygen atoms in total. The quantitative estimate of drug-likeness (QED) is 0.814. The van der Waals surface area contributed by atoms with Gasteiger partial charge >= 0.3 is 5.97 Å². The number of carbonyl (C=O) groups is 2. The molecular weight excluding hydrogens is 291 g/mol. The molecule has 6 heteroatoms. The van der Waals surface area contributed by atoms with Crippen LogP contribution in [0.5, 0.6) is 5.75 Å². The molecule has 0 spiro atoms. The molecule has 0 aliphatic rings. The number of halogens is 2. The number of hydrogen-bond acceptors (Lipinski definition) is 3. The van der Waals surface area contributed by atoms with E-state index in [1.165, 1.54) is 12.1 Å². The fraction of sp³-hybridized carbons (Fsp3) is 0.385. The van der Waals surface area contributed by atoms with Gasteiger partial charge in [-0.2, -0.15) is 0 Å². The van der Waals surface area contributed by atoms with Gasteiger partial charge in [-0.1, -0.05) is 37.0 Å². The van der Waals surface area contributed by atoms with Crippen LogP contribution < -0.4 is 4.74 Å². The lowest BCUT2D eigenvalue weighted by Crippen LogP contribution is -2.12. The highest BCUT2D eigenvalue weighted by molar-refractivity contribution is 6.44. The van der Waals surface area contributed by atoms with E-state index in [1.54, 1.807) is 6.92 Å². The summed E-state index contributed by atoms with van der Waals surface area (Å²) in [6.07, 6.45) is 0.698. The molecule has 0 aliphatic heterocycles. The number of Topliss-reactive ketones (excluding diaryl/α,β-unsaturated/α-hetero) is 1. The molecule has 104 valence electrons. The van der Waals surface area contributed by atoms with Crippen molar-refractivity contribution in [2.24, 2.45) is 5.92 Å². The lowest BCUT2D eigenvalue weighted by atomic mass is 9.97. The summed E-state index contributed by atoms with van der Waals surface area (Å²) in [6.45, 7) is 3.19. The zero-order chi connectivity index (χ0) is 14.6. The van der Waals surface area contributed by atoms with E-state index in [-0.39, 0.29) is 27.5 Å². The highest BCUT2D eigenvalue weighted by atomic mass is 35.5. The molecule has 0 aromatic heterocycles. The van der Waals surface area contributed by atoms with Gasteiger partial charge in [-0.3, -0.25) is 4.79 Å². The summed E-state index contributed by atoms with van der Waals surface area (Å²) >= 11 is 12.0. The maximum absolute atomic E-state index is 12.0. The van der Waals surface area contributed by atoms with E-state index >= 15 is 0 Å². The second kappa shape index (κ2) is 6.78. The van der Waals surface area contributed by atoms with Gasteiger partial charge < -0.3 is 9.84 Å². The largest absolute Gasteiger partial charge is 0.480 e. The van der Waals surface area contributed by atoms with Crippen LogP contribution in [0.25, 0.3) is 0 Å². The summed E-state index contributed by atoms with van der Waals surface area (Å²) in [5.74, 6) is -1.22. The molecule has 19 heavy (non-hydrogen) atoms. The fourth-order valence-electron chi connectivity index (χ4n) is 1.42. The van der Waals surface area contributed by atoms with Crippen LogP contribution in [0.1, 0.15) is 30.6 Å². The highest BCUT2D eigenvalue weighted by Crippen LogP contribution is 2.35. The van der Waals surface area contributed by atoms with Crippen LogP contribution in [-0.4, -0.2) is 23.5 Å². The Balaban J connectivity index is 3.04. The van der Waals surface area contributed by atoms with Crippen LogP contribution in [0.2, 0.25) is 10.0 Å². The van der Waals surface area contributed by atoms with Gasteiger partial charge in [-0.15, -0.1) is 0 Å². The van der Waals surface area contributed by atoms with Gasteiger partial charge in [0.2, 0.25) is 0 Å². The summed E-state index contributed by atoms with van der Waals surface area (Å²) in [7, 11) is 0. The third-order valence-corrected chi connectivity index (χ3v) is 3.59. The van der Waals surface area contributed by atoms with Crippen LogP contribution in [0.4, 0.5) is 0 Å². The second-order valence-electron chi connectivity index (χ2n) is 4.10. The van der Waals surface area contributed by atoms with E-state index in [0.717, 1.165) is 0 Å². The first kappa shape index (κ1) is 15.8. The summed E-state index contributed by atoms with van der Waals surface area (Å²) in [5.41, 5.74) is 0.323. The van der Waals surface area contributed by atoms with Gasteiger partial charge in [0.1, 0.15) is 10.8 Å². The summed E-state index contributed by atoms with van der Waals surface area (Å²) in [6, 6.07) is 2.95. The Morgan fingerprint density at radius 2 is 1.95 bits per heavy atom. The minimum absolute atomic E-state index is 0.0528. The lowest BCUT2D eigenvalue weighted by Gasteiger charge is -2.12. The number of carboxylic acids is 1. The van der Waals surface area contributed by atoms with Crippen LogP contribution in [0.15, 0.2) is 12.1 Å². The maximum Gasteiger partial charge on any atom is 0.341 e. The summed E-state index contributed by atoms with van der Waals surface area (Å²) in [4.78, 5) is 22.5. The van der Waals surface area contributed by atoms with Gasteiger partial charge in [-0.05, 0) is 18.6 Å². The van der Waals surface area contributed by atoms with Crippen LogP contribution >= 0.6 is 23.2 Å². The number of hydrogen-bond donors (Lipinski definition) is 1. The predicted octanol–water partition coefficient (Wildman–Crippen LogP) is 3.69. The Labute approximate surface area is 121 Å². The van der Waals surface area contributed by atoms with Gasteiger partial charge in [-0.25, -0.2) is 4.79 Å². The Morgan fingerprint density at radius 3 is 2.47 bits per heavy atom. The SMILES string of the molecule is CCC(C)C(=O)c1ccc(OCC(=O)O)c(Cl)c1Cl. The molecule has 0 fully saturated rings. The molecule has 0 radical (unpaired) electrons. The van der Waals surface area contributed by atoms with Crippen LogP contribution in [0, 0.1) is 5.92 Å². The Bertz CT molecular complexity index is 500. The monoisotopic (exact) mass is 304 g/mol. The first-order chi connectivity index (χ1) is 8.88. The van der Waals surface area contributed by atoms with Gasteiger partial charge in [0.25, 0.3) is 0 Å². The van der Waals surface area contributed by atoms with Crippen molar-refractivity contribution in [3.8, 4) is 5.75 Å². The molecule has 1 aromatic rings. The molecule has 1 atom stereocenters. The molecule has 0 bridgehead atoms. The van der Waals surface area contributed by atoms with Crippen molar-refractivity contribution in [1.29, 1.82) is 0 Å². The number of carboxylic acid groups (broad SMARTS) is 1. The Morgan fingerprint density at radius 1 is 1.32 bits per heavy atom. The first-order valence-electron chi connectivity index (χ1n) is 5.75. The van der Waals surface area contributed by atoms with Crippen molar-refractivity contribution in [2.75, 3.05) is 6.61 Å². The predicted molar refractivity (Wildman–Crippen MR) is 73.4 cm³/mol. The molecule has 1 rings (SSSR count). The molecule has 0 heterocycles. The average molecular weight is 305 g/mol. The third-order valence-electron chi connectivity index (χ3n) is 2.72. The summed E-state index contributed by atoms with van der Waals surface area (Å²) in [5, 5.41) is 8.67. The van der Waals surface area contributed by atoms with E-state index in [9.17, 15) is 9.59 Å². The van der Waals surface area contributed by atoms with Crippen molar-refractivity contribution in [3.05, 3.63) is 27.7 Å². The second-order valence-corrected chi connectivity index (χ2v) is 4.85. The molecule has 0 saturated heterocycles. The lowest BCUT2D eigenvalue weighted by molar-refractivity contribution is -0.139. The highest BCUT2D eigenvalue weighted by Gasteiger charge is 2.20. The smallest absolute Gasteiger partial charge is 0.341 e. The average Bonchev–Trinajstić information content (AvgIpc) is 2.38. The van der Waals surface area contributed by atoms with Gasteiger partial charge in [0, 0.05) is 11.5 Å².